The number of aryl methyl sites for hydroxylation is 2. The SMILES string of the molecule is COc1ccccc1CCCNC(=O)c1cnn2c(C)c(C(C)=O)cnc12. The smallest absolute Gasteiger partial charge is 0.256 e. The molecule has 0 atom stereocenters. The molecule has 0 saturated carbocycles. The van der Waals surface area contributed by atoms with Crippen molar-refractivity contribution < 1.29 is 14.3 Å². The standard InChI is InChI=1S/C20H22N4O3/c1-13-16(14(2)25)11-22-19-17(12-23-24(13)19)20(26)21-10-6-8-15-7-4-5-9-18(15)27-3/h4-5,7,9,11-12H,6,8,10H2,1-3H3,(H,21,26). The number of hydrogen-bond acceptors (Lipinski definition) is 5. The van der Waals surface area contributed by atoms with Gasteiger partial charge in [0.25, 0.3) is 5.91 Å². The van der Waals surface area contributed by atoms with Gasteiger partial charge in [-0.05, 0) is 38.3 Å². The highest BCUT2D eigenvalue weighted by Gasteiger charge is 2.17. The Kier molecular flexibility index (Phi) is 5.49. The number of ketones is 1. The molecule has 7 nitrogen and oxygen atoms in total. The van der Waals surface area contributed by atoms with Crippen LogP contribution < -0.4 is 10.1 Å². The Bertz CT molecular complexity index is 994. The van der Waals surface area contributed by atoms with Gasteiger partial charge in [-0.2, -0.15) is 5.10 Å². The van der Waals surface area contributed by atoms with Crippen LogP contribution in [-0.2, 0) is 6.42 Å². The average Bonchev–Trinajstić information content (AvgIpc) is 3.10. The first kappa shape index (κ1) is 18.6. The van der Waals surface area contributed by atoms with Crippen LogP contribution in [0.1, 0.15) is 45.3 Å². The third-order valence-corrected chi connectivity index (χ3v) is 4.49. The molecule has 0 aliphatic carbocycles. The van der Waals surface area contributed by atoms with Crippen LogP contribution in [0.3, 0.4) is 0 Å². The lowest BCUT2D eigenvalue weighted by Crippen LogP contribution is -2.25. The Morgan fingerprint density at radius 2 is 1.96 bits per heavy atom. The van der Waals surface area contributed by atoms with Gasteiger partial charge >= 0.3 is 0 Å². The first-order valence-electron chi connectivity index (χ1n) is 8.77. The van der Waals surface area contributed by atoms with E-state index in [-0.39, 0.29) is 11.7 Å². The number of nitrogens with zero attached hydrogens (tertiary/aromatic N) is 3. The average molecular weight is 366 g/mol. The highest BCUT2D eigenvalue weighted by Crippen LogP contribution is 2.18. The van der Waals surface area contributed by atoms with Gasteiger partial charge in [0, 0.05) is 12.7 Å². The molecule has 0 saturated heterocycles. The van der Waals surface area contributed by atoms with Gasteiger partial charge in [-0.15, -0.1) is 0 Å². The van der Waals surface area contributed by atoms with E-state index in [4.69, 9.17) is 4.74 Å². The summed E-state index contributed by atoms with van der Waals surface area (Å²) in [6.07, 6.45) is 4.56. The molecule has 1 N–H and O–H groups in total. The van der Waals surface area contributed by atoms with Crippen molar-refractivity contribution >= 4 is 17.3 Å². The molecule has 1 aromatic carbocycles. The van der Waals surface area contributed by atoms with E-state index in [0.717, 1.165) is 24.2 Å². The quantitative estimate of drug-likeness (QED) is 0.513. The predicted octanol–water partition coefficient (Wildman–Crippen LogP) is 2.61. The fraction of sp³-hybridized carbons (Fsp3) is 0.300. The zero-order valence-electron chi connectivity index (χ0n) is 15.7. The van der Waals surface area contributed by atoms with Crippen LogP contribution in [0, 0.1) is 6.92 Å². The summed E-state index contributed by atoms with van der Waals surface area (Å²) in [5.74, 6) is 0.541. The normalized spacial score (nSPS) is 10.8. The summed E-state index contributed by atoms with van der Waals surface area (Å²) in [5.41, 5.74) is 3.11. The third kappa shape index (κ3) is 3.81. The first-order chi connectivity index (χ1) is 13.0. The van der Waals surface area contributed by atoms with Gasteiger partial charge in [0.05, 0.1) is 24.6 Å². The monoisotopic (exact) mass is 366 g/mol. The second-order valence-corrected chi connectivity index (χ2v) is 6.28. The molecule has 0 fully saturated rings. The van der Waals surface area contributed by atoms with Gasteiger partial charge in [0.2, 0.25) is 0 Å². The summed E-state index contributed by atoms with van der Waals surface area (Å²) < 4.78 is 6.87. The Balaban J connectivity index is 1.65. The molecule has 1 amide bonds. The zero-order chi connectivity index (χ0) is 19.4. The molecule has 2 aromatic heterocycles. The third-order valence-electron chi connectivity index (χ3n) is 4.49. The molecule has 0 spiro atoms. The van der Waals surface area contributed by atoms with Crippen LogP contribution in [0.25, 0.3) is 5.65 Å². The minimum atomic E-state index is -0.229. The highest BCUT2D eigenvalue weighted by molar-refractivity contribution is 6.00. The lowest BCUT2D eigenvalue weighted by atomic mass is 10.1. The summed E-state index contributed by atoms with van der Waals surface area (Å²) in [6.45, 7) is 3.79. The van der Waals surface area contributed by atoms with E-state index >= 15 is 0 Å². The van der Waals surface area contributed by atoms with Crippen molar-refractivity contribution in [1.29, 1.82) is 0 Å². The van der Waals surface area contributed by atoms with Crippen LogP contribution in [-0.4, -0.2) is 39.9 Å². The van der Waals surface area contributed by atoms with E-state index in [0.29, 0.717) is 29.0 Å². The maximum atomic E-state index is 12.5. The number of methoxy groups -OCH3 is 1. The molecule has 0 aliphatic heterocycles. The lowest BCUT2D eigenvalue weighted by Gasteiger charge is -2.08. The summed E-state index contributed by atoms with van der Waals surface area (Å²) in [4.78, 5) is 28.4. The molecule has 0 unspecified atom stereocenters. The van der Waals surface area contributed by atoms with Crippen molar-refractivity contribution in [3.63, 3.8) is 0 Å². The van der Waals surface area contributed by atoms with Gasteiger partial charge in [-0.3, -0.25) is 9.59 Å². The van der Waals surface area contributed by atoms with Crippen molar-refractivity contribution in [3.8, 4) is 5.75 Å². The molecule has 2 heterocycles. The molecule has 3 aromatic rings. The van der Waals surface area contributed by atoms with Crippen molar-refractivity contribution in [1.82, 2.24) is 19.9 Å². The van der Waals surface area contributed by atoms with Crippen molar-refractivity contribution in [3.05, 3.63) is 59.0 Å². The zero-order valence-corrected chi connectivity index (χ0v) is 15.7. The lowest BCUT2D eigenvalue weighted by molar-refractivity contribution is 0.0953. The number of fused-ring (bicyclic) bond motifs is 1. The first-order valence-corrected chi connectivity index (χ1v) is 8.77. The number of rotatable bonds is 7. The second-order valence-electron chi connectivity index (χ2n) is 6.28. The molecule has 7 heteroatoms. The molecule has 3 rings (SSSR count). The molecule has 0 aliphatic rings. The number of carbonyl (C=O) groups excluding carboxylic acids is 2. The van der Waals surface area contributed by atoms with Gasteiger partial charge in [0.1, 0.15) is 11.3 Å². The minimum absolute atomic E-state index is 0.0836. The van der Waals surface area contributed by atoms with E-state index in [2.05, 4.69) is 15.4 Å². The Morgan fingerprint density at radius 3 is 2.70 bits per heavy atom. The van der Waals surface area contributed by atoms with Crippen LogP contribution in [0.5, 0.6) is 5.75 Å². The summed E-state index contributed by atoms with van der Waals surface area (Å²) >= 11 is 0. The maximum Gasteiger partial charge on any atom is 0.256 e. The van der Waals surface area contributed by atoms with Crippen LogP contribution in [0.4, 0.5) is 0 Å². The van der Waals surface area contributed by atoms with Gasteiger partial charge < -0.3 is 10.1 Å². The number of nitrogens with one attached hydrogen (secondary N) is 1. The van der Waals surface area contributed by atoms with Gasteiger partial charge in [-0.1, -0.05) is 18.2 Å². The van der Waals surface area contributed by atoms with E-state index < -0.39 is 0 Å². The summed E-state index contributed by atoms with van der Waals surface area (Å²) in [6, 6.07) is 7.85. The Hall–Kier alpha value is -3.22. The van der Waals surface area contributed by atoms with E-state index in [1.165, 1.54) is 23.8 Å². The number of aromatic nitrogens is 3. The van der Waals surface area contributed by atoms with E-state index in [9.17, 15) is 9.59 Å². The van der Waals surface area contributed by atoms with Gasteiger partial charge in [-0.25, -0.2) is 9.50 Å². The number of Topliss-reactive ketones (excluding diaryl/α,β-unsaturated/α-hetero) is 1. The van der Waals surface area contributed by atoms with Crippen molar-refractivity contribution in [2.24, 2.45) is 0 Å². The molecular weight excluding hydrogens is 344 g/mol. The molecule has 27 heavy (non-hydrogen) atoms. The number of amides is 1. The Morgan fingerprint density at radius 1 is 1.19 bits per heavy atom. The van der Waals surface area contributed by atoms with Crippen molar-refractivity contribution in [2.45, 2.75) is 26.7 Å². The molecule has 140 valence electrons. The number of carbonyl (C=O) groups is 2. The maximum absolute atomic E-state index is 12.5. The number of ether oxygens (including phenoxy) is 1. The minimum Gasteiger partial charge on any atom is -0.496 e. The number of para-hydroxylation sites is 1. The Labute approximate surface area is 157 Å². The van der Waals surface area contributed by atoms with Crippen LogP contribution in [0.15, 0.2) is 36.7 Å². The fourth-order valence-electron chi connectivity index (χ4n) is 3.04. The van der Waals surface area contributed by atoms with Crippen LogP contribution >= 0.6 is 0 Å². The molecule has 0 bridgehead atoms. The van der Waals surface area contributed by atoms with Crippen molar-refractivity contribution in [2.75, 3.05) is 13.7 Å². The summed E-state index contributed by atoms with van der Waals surface area (Å²) in [5, 5.41) is 7.11. The molecule has 0 radical (unpaired) electrons. The van der Waals surface area contributed by atoms with E-state index in [1.807, 2.05) is 24.3 Å². The van der Waals surface area contributed by atoms with Crippen LogP contribution in [0.2, 0.25) is 0 Å². The molecular formula is C20H22N4O3. The predicted molar refractivity (Wildman–Crippen MR) is 101 cm³/mol. The second kappa shape index (κ2) is 7.99. The van der Waals surface area contributed by atoms with E-state index in [1.54, 1.807) is 14.0 Å². The fourth-order valence-corrected chi connectivity index (χ4v) is 3.04. The largest absolute Gasteiger partial charge is 0.496 e. The highest BCUT2D eigenvalue weighted by atomic mass is 16.5. The van der Waals surface area contributed by atoms with Gasteiger partial charge in [0.15, 0.2) is 11.4 Å². The topological polar surface area (TPSA) is 85.6 Å². The number of benzene rings is 1. The number of hydrogen-bond donors (Lipinski definition) is 1. The summed E-state index contributed by atoms with van der Waals surface area (Å²) in [7, 11) is 1.65.